The highest BCUT2D eigenvalue weighted by atomic mass is 79.9. The molecule has 0 amide bonds. The standard InChI is InChI=1S/C14H13BrO.C13H11BrO/c15-10-12-6-8-14(9-7-12)16-11-13-4-2-1-3-5-13;14-10-11-5-4-8-13(9-11)15-12-6-2-1-3-7-12/h1-9H,10-11H2;1-9H,10H2. The molecule has 0 aliphatic carbocycles. The number of halogens is 2. The van der Waals surface area contributed by atoms with Gasteiger partial charge in [0.2, 0.25) is 0 Å². The lowest BCUT2D eigenvalue weighted by Crippen LogP contribution is -1.94. The van der Waals surface area contributed by atoms with Crippen LogP contribution in [0.2, 0.25) is 0 Å². The quantitative estimate of drug-likeness (QED) is 0.219. The molecule has 0 unspecified atom stereocenters. The van der Waals surface area contributed by atoms with Crippen LogP contribution >= 0.6 is 31.9 Å². The zero-order valence-electron chi connectivity index (χ0n) is 17.1. The van der Waals surface area contributed by atoms with Gasteiger partial charge in [-0.05, 0) is 53.1 Å². The Kier molecular flexibility index (Phi) is 9.68. The minimum absolute atomic E-state index is 0.620. The summed E-state index contributed by atoms with van der Waals surface area (Å²) < 4.78 is 11.4. The summed E-state index contributed by atoms with van der Waals surface area (Å²) in [6, 6.07) is 36.1. The Balaban J connectivity index is 0.000000176. The van der Waals surface area contributed by atoms with Gasteiger partial charge in [0.25, 0.3) is 0 Å². The highest BCUT2D eigenvalue weighted by molar-refractivity contribution is 9.08. The largest absolute Gasteiger partial charge is 0.489 e. The minimum atomic E-state index is 0.620. The van der Waals surface area contributed by atoms with E-state index in [4.69, 9.17) is 9.47 Å². The summed E-state index contributed by atoms with van der Waals surface area (Å²) in [6.45, 7) is 0.620. The number of hydrogen-bond donors (Lipinski definition) is 0. The second kappa shape index (κ2) is 13.0. The van der Waals surface area contributed by atoms with Gasteiger partial charge < -0.3 is 9.47 Å². The zero-order valence-corrected chi connectivity index (χ0v) is 20.3. The van der Waals surface area contributed by atoms with E-state index < -0.39 is 0 Å². The van der Waals surface area contributed by atoms with Crippen molar-refractivity contribution in [3.05, 3.63) is 126 Å². The Morgan fingerprint density at radius 1 is 0.484 bits per heavy atom. The van der Waals surface area contributed by atoms with Crippen molar-refractivity contribution in [1.29, 1.82) is 0 Å². The molecule has 4 rings (SSSR count). The Bertz CT molecular complexity index is 1020. The fraction of sp³-hybridized carbons (Fsp3) is 0.111. The first-order chi connectivity index (χ1) is 15.3. The molecule has 31 heavy (non-hydrogen) atoms. The number of para-hydroxylation sites is 1. The van der Waals surface area contributed by atoms with Crippen molar-refractivity contribution >= 4 is 31.9 Å². The normalized spacial score (nSPS) is 10.0. The summed E-state index contributed by atoms with van der Waals surface area (Å²) >= 11 is 6.84. The van der Waals surface area contributed by atoms with Crippen molar-refractivity contribution in [1.82, 2.24) is 0 Å². The molecule has 0 saturated carbocycles. The van der Waals surface area contributed by atoms with Crippen LogP contribution in [-0.2, 0) is 17.3 Å². The van der Waals surface area contributed by atoms with Crippen molar-refractivity contribution < 1.29 is 9.47 Å². The van der Waals surface area contributed by atoms with Crippen molar-refractivity contribution in [3.8, 4) is 17.2 Å². The maximum atomic E-state index is 5.70. The number of benzene rings is 4. The number of rotatable bonds is 7. The fourth-order valence-corrected chi connectivity index (χ4v) is 3.45. The Morgan fingerprint density at radius 2 is 1.06 bits per heavy atom. The predicted molar refractivity (Wildman–Crippen MR) is 135 cm³/mol. The van der Waals surface area contributed by atoms with Crippen LogP contribution in [0.15, 0.2) is 109 Å². The molecule has 0 N–H and O–H groups in total. The van der Waals surface area contributed by atoms with Gasteiger partial charge in [0.05, 0.1) is 0 Å². The fourth-order valence-electron chi connectivity index (χ4n) is 2.73. The lowest BCUT2D eigenvalue weighted by Gasteiger charge is -2.06. The van der Waals surface area contributed by atoms with Crippen LogP contribution in [0.4, 0.5) is 0 Å². The molecule has 0 radical (unpaired) electrons. The molecule has 158 valence electrons. The first-order valence-electron chi connectivity index (χ1n) is 9.96. The van der Waals surface area contributed by atoms with Crippen molar-refractivity contribution in [2.24, 2.45) is 0 Å². The minimum Gasteiger partial charge on any atom is -0.489 e. The second-order valence-electron chi connectivity index (χ2n) is 6.75. The number of ether oxygens (including phenoxy) is 2. The van der Waals surface area contributed by atoms with E-state index in [0.717, 1.165) is 27.9 Å². The van der Waals surface area contributed by atoms with Gasteiger partial charge in [-0.25, -0.2) is 0 Å². The third-order valence-electron chi connectivity index (χ3n) is 4.36. The van der Waals surface area contributed by atoms with Crippen LogP contribution in [-0.4, -0.2) is 0 Å². The summed E-state index contributed by atoms with van der Waals surface area (Å²) in [5, 5.41) is 1.73. The first-order valence-corrected chi connectivity index (χ1v) is 12.2. The van der Waals surface area contributed by atoms with Gasteiger partial charge in [0.15, 0.2) is 0 Å². The van der Waals surface area contributed by atoms with Crippen molar-refractivity contribution in [2.75, 3.05) is 0 Å². The smallest absolute Gasteiger partial charge is 0.127 e. The molecule has 0 aliphatic heterocycles. The van der Waals surface area contributed by atoms with Gasteiger partial charge in [0.1, 0.15) is 23.9 Å². The number of hydrogen-bond acceptors (Lipinski definition) is 2. The Labute approximate surface area is 201 Å². The van der Waals surface area contributed by atoms with E-state index in [9.17, 15) is 0 Å². The van der Waals surface area contributed by atoms with E-state index in [1.54, 1.807) is 0 Å². The Hall–Kier alpha value is -2.56. The third-order valence-corrected chi connectivity index (χ3v) is 5.65. The van der Waals surface area contributed by atoms with E-state index in [2.05, 4.69) is 62.2 Å². The van der Waals surface area contributed by atoms with Crippen LogP contribution in [0.1, 0.15) is 16.7 Å². The monoisotopic (exact) mass is 538 g/mol. The maximum Gasteiger partial charge on any atom is 0.127 e. The lowest BCUT2D eigenvalue weighted by molar-refractivity contribution is 0.306. The topological polar surface area (TPSA) is 18.5 Å². The summed E-state index contributed by atoms with van der Waals surface area (Å²) in [6.07, 6.45) is 0. The molecule has 0 aliphatic rings. The molecule has 0 atom stereocenters. The van der Waals surface area contributed by atoms with Crippen molar-refractivity contribution in [3.63, 3.8) is 0 Å². The maximum absolute atomic E-state index is 5.70. The molecule has 4 aromatic carbocycles. The summed E-state index contributed by atoms with van der Waals surface area (Å²) in [7, 11) is 0. The average molecular weight is 540 g/mol. The number of alkyl halides is 2. The van der Waals surface area contributed by atoms with Crippen molar-refractivity contribution in [2.45, 2.75) is 17.3 Å². The van der Waals surface area contributed by atoms with Gasteiger partial charge >= 0.3 is 0 Å². The summed E-state index contributed by atoms with van der Waals surface area (Å²) in [5.74, 6) is 2.65. The average Bonchev–Trinajstić information content (AvgIpc) is 2.85. The molecule has 2 nitrogen and oxygen atoms in total. The van der Waals surface area contributed by atoms with Crippen LogP contribution in [0, 0.1) is 0 Å². The summed E-state index contributed by atoms with van der Waals surface area (Å²) in [4.78, 5) is 0. The van der Waals surface area contributed by atoms with Crippen LogP contribution < -0.4 is 9.47 Å². The zero-order chi connectivity index (χ0) is 21.7. The molecule has 4 aromatic rings. The van der Waals surface area contributed by atoms with Crippen LogP contribution in [0.3, 0.4) is 0 Å². The first kappa shape index (κ1) is 23.1. The molecule has 4 heteroatoms. The van der Waals surface area contributed by atoms with E-state index in [0.29, 0.717) is 6.61 Å². The van der Waals surface area contributed by atoms with Gasteiger partial charge in [-0.3, -0.25) is 0 Å². The van der Waals surface area contributed by atoms with E-state index >= 15 is 0 Å². The molecular weight excluding hydrogens is 516 g/mol. The molecule has 0 aromatic heterocycles. The molecule has 0 heterocycles. The molecule has 0 bridgehead atoms. The molecule has 0 fully saturated rings. The SMILES string of the molecule is BrCc1ccc(OCc2ccccc2)cc1.BrCc1cccc(Oc2ccccc2)c1. The van der Waals surface area contributed by atoms with Gasteiger partial charge in [-0.2, -0.15) is 0 Å². The molecular formula is C27H24Br2O2. The second-order valence-corrected chi connectivity index (χ2v) is 7.87. The van der Waals surface area contributed by atoms with Crippen LogP contribution in [0.25, 0.3) is 0 Å². The summed E-state index contributed by atoms with van der Waals surface area (Å²) in [5.41, 5.74) is 3.66. The van der Waals surface area contributed by atoms with Gasteiger partial charge in [-0.1, -0.05) is 105 Å². The highest BCUT2D eigenvalue weighted by Crippen LogP contribution is 2.22. The van der Waals surface area contributed by atoms with Gasteiger partial charge in [-0.15, -0.1) is 0 Å². The van der Waals surface area contributed by atoms with Gasteiger partial charge in [0, 0.05) is 10.7 Å². The predicted octanol–water partition coefficient (Wildman–Crippen LogP) is 8.53. The van der Waals surface area contributed by atoms with E-state index in [1.165, 1.54) is 16.7 Å². The van der Waals surface area contributed by atoms with E-state index in [1.807, 2.05) is 78.9 Å². The van der Waals surface area contributed by atoms with E-state index in [-0.39, 0.29) is 0 Å². The van der Waals surface area contributed by atoms with Crippen LogP contribution in [0.5, 0.6) is 17.2 Å². The third kappa shape index (κ3) is 8.23. The molecule has 0 saturated heterocycles. The lowest BCUT2D eigenvalue weighted by atomic mass is 10.2. The molecule has 0 spiro atoms. The highest BCUT2D eigenvalue weighted by Gasteiger charge is 1.97. The Morgan fingerprint density at radius 3 is 1.71 bits per heavy atom.